The smallest absolute Gasteiger partial charge is 0.232 e. The molecule has 1 aromatic carbocycles. The molecule has 0 N–H and O–H groups in total. The van der Waals surface area contributed by atoms with Gasteiger partial charge in [0.25, 0.3) is 0 Å². The van der Waals surface area contributed by atoms with Gasteiger partial charge in [-0.1, -0.05) is 18.7 Å². The molecule has 1 aromatic heterocycles. The minimum Gasteiger partial charge on any atom is -0.497 e. The lowest BCUT2D eigenvalue weighted by molar-refractivity contribution is -0.129. The van der Waals surface area contributed by atoms with E-state index in [0.717, 1.165) is 53.9 Å². The molecule has 144 valence electrons. The van der Waals surface area contributed by atoms with Gasteiger partial charge in [-0.05, 0) is 43.0 Å². The first-order chi connectivity index (χ1) is 13.1. The molecule has 0 unspecified atom stereocenters. The van der Waals surface area contributed by atoms with Crippen LogP contribution in [0.4, 0.5) is 0 Å². The number of aromatic nitrogens is 2. The summed E-state index contributed by atoms with van der Waals surface area (Å²) in [4.78, 5) is 14.3. The summed E-state index contributed by atoms with van der Waals surface area (Å²) in [5.41, 5.74) is 1.57. The van der Waals surface area contributed by atoms with Crippen LogP contribution in [-0.2, 0) is 4.79 Å². The fourth-order valence-electron chi connectivity index (χ4n) is 3.04. The molecule has 0 aliphatic carbocycles. The summed E-state index contributed by atoms with van der Waals surface area (Å²) in [5, 5.41) is 9.30. The predicted molar refractivity (Wildman–Crippen MR) is 106 cm³/mol. The summed E-state index contributed by atoms with van der Waals surface area (Å²) < 4.78 is 10.6. The van der Waals surface area contributed by atoms with Gasteiger partial charge in [-0.3, -0.25) is 4.79 Å². The minimum atomic E-state index is 0.176. The van der Waals surface area contributed by atoms with E-state index in [0.29, 0.717) is 11.5 Å². The number of likely N-dealkylation sites (tertiary alicyclic amines) is 1. The summed E-state index contributed by atoms with van der Waals surface area (Å²) in [6, 6.07) is 9.36. The molecule has 7 heteroatoms. The number of thioether (sulfide) groups is 1. The third kappa shape index (κ3) is 4.91. The number of benzene rings is 1. The van der Waals surface area contributed by atoms with Crippen molar-refractivity contribution >= 4 is 17.7 Å². The molecular weight excluding hydrogens is 362 g/mol. The summed E-state index contributed by atoms with van der Waals surface area (Å²) >= 11 is 1.43. The van der Waals surface area contributed by atoms with Crippen molar-refractivity contribution in [1.29, 1.82) is 0 Å². The summed E-state index contributed by atoms with van der Waals surface area (Å²) in [7, 11) is 3.23. The minimum absolute atomic E-state index is 0.176. The number of methoxy groups -OCH3 is 2. The number of ether oxygens (including phenoxy) is 2. The molecule has 3 rings (SSSR count). The monoisotopic (exact) mass is 387 g/mol. The SMILES string of the molecule is COc1ccc(-c2ccc(SCC(=O)N3CCC(C)CC3)nn2)c(OC)c1. The van der Waals surface area contributed by atoms with E-state index in [-0.39, 0.29) is 5.91 Å². The van der Waals surface area contributed by atoms with Crippen LogP contribution in [0.3, 0.4) is 0 Å². The summed E-state index contributed by atoms with van der Waals surface area (Å²) in [6.45, 7) is 3.97. The zero-order chi connectivity index (χ0) is 19.2. The Morgan fingerprint density at radius 2 is 1.93 bits per heavy atom. The van der Waals surface area contributed by atoms with Crippen LogP contribution in [0.2, 0.25) is 0 Å². The standard InChI is InChI=1S/C20H25N3O3S/c1-14-8-10-23(11-9-14)20(24)13-27-19-7-6-17(21-22-19)16-5-4-15(25-2)12-18(16)26-3/h4-7,12,14H,8-11,13H2,1-3H3. The number of nitrogens with zero attached hydrogens (tertiary/aromatic N) is 3. The maximum atomic E-state index is 12.3. The number of rotatable bonds is 6. The Balaban J connectivity index is 1.61. The van der Waals surface area contributed by atoms with Crippen molar-refractivity contribution in [2.24, 2.45) is 5.92 Å². The maximum Gasteiger partial charge on any atom is 0.232 e. The molecule has 1 amide bonds. The second-order valence-corrected chi connectivity index (χ2v) is 7.67. The first-order valence-electron chi connectivity index (χ1n) is 9.07. The molecule has 1 aliphatic heterocycles. The van der Waals surface area contributed by atoms with Gasteiger partial charge < -0.3 is 14.4 Å². The highest BCUT2D eigenvalue weighted by Gasteiger charge is 2.20. The molecule has 27 heavy (non-hydrogen) atoms. The Bertz CT molecular complexity index is 775. The average Bonchev–Trinajstić information content (AvgIpc) is 2.72. The van der Waals surface area contributed by atoms with Crippen LogP contribution >= 0.6 is 11.8 Å². The van der Waals surface area contributed by atoms with E-state index in [1.165, 1.54) is 11.8 Å². The highest BCUT2D eigenvalue weighted by Crippen LogP contribution is 2.32. The van der Waals surface area contributed by atoms with Gasteiger partial charge in [0.15, 0.2) is 0 Å². The number of amides is 1. The quantitative estimate of drug-likeness (QED) is 0.707. The number of carbonyl (C=O) groups excluding carboxylic acids is 1. The van der Waals surface area contributed by atoms with Gasteiger partial charge >= 0.3 is 0 Å². The van der Waals surface area contributed by atoms with Crippen LogP contribution in [0.5, 0.6) is 11.5 Å². The molecule has 2 heterocycles. The maximum absolute atomic E-state index is 12.3. The normalized spacial score (nSPS) is 14.9. The van der Waals surface area contributed by atoms with E-state index >= 15 is 0 Å². The van der Waals surface area contributed by atoms with E-state index in [1.807, 2.05) is 35.2 Å². The fraction of sp³-hybridized carbons (Fsp3) is 0.450. The van der Waals surface area contributed by atoms with E-state index in [4.69, 9.17) is 9.47 Å². The Morgan fingerprint density at radius 1 is 1.15 bits per heavy atom. The Labute approximate surface area is 164 Å². The zero-order valence-electron chi connectivity index (χ0n) is 16.0. The average molecular weight is 388 g/mol. The van der Waals surface area contributed by atoms with Gasteiger partial charge in [-0.2, -0.15) is 0 Å². The Hall–Kier alpha value is -2.28. The third-order valence-corrected chi connectivity index (χ3v) is 5.71. The van der Waals surface area contributed by atoms with Gasteiger partial charge in [0, 0.05) is 24.7 Å². The van der Waals surface area contributed by atoms with Crippen molar-refractivity contribution in [2.45, 2.75) is 24.8 Å². The lowest BCUT2D eigenvalue weighted by Crippen LogP contribution is -2.38. The fourth-order valence-corrected chi connectivity index (χ4v) is 3.75. The Kier molecular flexibility index (Phi) is 6.55. The second kappa shape index (κ2) is 9.08. The summed E-state index contributed by atoms with van der Waals surface area (Å²) in [6.07, 6.45) is 2.18. The lowest BCUT2D eigenvalue weighted by Gasteiger charge is -2.30. The largest absolute Gasteiger partial charge is 0.497 e. The van der Waals surface area contributed by atoms with Gasteiger partial charge in [-0.25, -0.2) is 0 Å². The lowest BCUT2D eigenvalue weighted by atomic mass is 9.99. The molecule has 1 aliphatic rings. The molecular formula is C20H25N3O3S. The topological polar surface area (TPSA) is 64.5 Å². The summed E-state index contributed by atoms with van der Waals surface area (Å²) in [5.74, 6) is 2.69. The number of hydrogen-bond acceptors (Lipinski definition) is 6. The van der Waals surface area contributed by atoms with Crippen molar-refractivity contribution in [3.63, 3.8) is 0 Å². The molecule has 0 spiro atoms. The van der Waals surface area contributed by atoms with E-state index < -0.39 is 0 Å². The van der Waals surface area contributed by atoms with Crippen molar-refractivity contribution in [3.8, 4) is 22.8 Å². The predicted octanol–water partition coefficient (Wildman–Crippen LogP) is 3.51. The molecule has 1 saturated heterocycles. The molecule has 0 bridgehead atoms. The van der Waals surface area contributed by atoms with E-state index in [2.05, 4.69) is 17.1 Å². The molecule has 0 atom stereocenters. The zero-order valence-corrected chi connectivity index (χ0v) is 16.8. The van der Waals surface area contributed by atoms with E-state index in [1.54, 1.807) is 14.2 Å². The van der Waals surface area contributed by atoms with Crippen molar-refractivity contribution in [3.05, 3.63) is 30.3 Å². The van der Waals surface area contributed by atoms with Gasteiger partial charge in [-0.15, -0.1) is 10.2 Å². The van der Waals surface area contributed by atoms with E-state index in [9.17, 15) is 4.79 Å². The van der Waals surface area contributed by atoms with Gasteiger partial charge in [0.05, 0.1) is 25.7 Å². The molecule has 0 radical (unpaired) electrons. The number of carbonyl (C=O) groups is 1. The third-order valence-electron chi connectivity index (χ3n) is 4.80. The number of piperidine rings is 1. The van der Waals surface area contributed by atoms with Crippen LogP contribution in [0.15, 0.2) is 35.4 Å². The molecule has 6 nitrogen and oxygen atoms in total. The first kappa shape index (κ1) is 19.5. The van der Waals surface area contributed by atoms with Gasteiger partial charge in [0.1, 0.15) is 16.5 Å². The van der Waals surface area contributed by atoms with Crippen LogP contribution in [0.1, 0.15) is 19.8 Å². The van der Waals surface area contributed by atoms with Crippen molar-refractivity contribution < 1.29 is 14.3 Å². The van der Waals surface area contributed by atoms with Crippen LogP contribution < -0.4 is 9.47 Å². The Morgan fingerprint density at radius 3 is 2.56 bits per heavy atom. The van der Waals surface area contributed by atoms with Crippen LogP contribution in [-0.4, -0.2) is 54.1 Å². The second-order valence-electron chi connectivity index (χ2n) is 6.68. The van der Waals surface area contributed by atoms with Crippen LogP contribution in [0.25, 0.3) is 11.3 Å². The molecule has 0 saturated carbocycles. The molecule has 2 aromatic rings. The highest BCUT2D eigenvalue weighted by molar-refractivity contribution is 7.99. The van der Waals surface area contributed by atoms with Crippen LogP contribution in [0, 0.1) is 5.92 Å². The van der Waals surface area contributed by atoms with Crippen molar-refractivity contribution in [2.75, 3.05) is 33.1 Å². The van der Waals surface area contributed by atoms with Gasteiger partial charge in [0.2, 0.25) is 5.91 Å². The van der Waals surface area contributed by atoms with Crippen molar-refractivity contribution in [1.82, 2.24) is 15.1 Å². The molecule has 1 fully saturated rings. The highest BCUT2D eigenvalue weighted by atomic mass is 32.2. The number of hydrogen-bond donors (Lipinski definition) is 0. The first-order valence-corrected chi connectivity index (χ1v) is 10.1.